The molecule has 0 aliphatic carbocycles. The summed E-state index contributed by atoms with van der Waals surface area (Å²) in [7, 11) is 0. The largest absolute Gasteiger partial charge is 0.481 e. The number of carboxylic acid groups (broad SMARTS) is 1. The Labute approximate surface area is 90.1 Å². The highest BCUT2D eigenvalue weighted by molar-refractivity contribution is 9.10. The smallest absolute Gasteiger partial charge is 0.310 e. The summed E-state index contributed by atoms with van der Waals surface area (Å²) < 4.78 is 0.630. The van der Waals surface area contributed by atoms with Gasteiger partial charge in [0.15, 0.2) is 0 Å². The Hall–Kier alpha value is -1.34. The fraction of sp³-hybridized carbons (Fsp3) is 0.200. The lowest BCUT2D eigenvalue weighted by atomic mass is 10.0. The van der Waals surface area contributed by atoms with Crippen molar-refractivity contribution >= 4 is 21.9 Å². The van der Waals surface area contributed by atoms with E-state index < -0.39 is 11.9 Å². The van der Waals surface area contributed by atoms with E-state index >= 15 is 0 Å². The Kier molecular flexibility index (Phi) is 3.26. The molecule has 0 heterocycles. The zero-order valence-electron chi connectivity index (χ0n) is 7.49. The van der Waals surface area contributed by atoms with Crippen LogP contribution < -0.4 is 0 Å². The predicted octanol–water partition coefficient (Wildman–Crippen LogP) is 2.51. The monoisotopic (exact) mass is 253 g/mol. The Bertz CT molecular complexity index is 409. The first kappa shape index (κ1) is 10.7. The van der Waals surface area contributed by atoms with E-state index in [-0.39, 0.29) is 0 Å². The number of nitriles is 1. The van der Waals surface area contributed by atoms with Gasteiger partial charge in [0.05, 0.1) is 11.5 Å². The summed E-state index contributed by atoms with van der Waals surface area (Å²) in [6.07, 6.45) is 0. The van der Waals surface area contributed by atoms with Crippen LogP contribution in [-0.2, 0) is 4.79 Å². The molecule has 0 aliphatic rings. The summed E-state index contributed by atoms with van der Waals surface area (Å²) in [4.78, 5) is 10.7. The molecular weight excluding hydrogens is 246 g/mol. The molecule has 0 aliphatic heterocycles. The van der Waals surface area contributed by atoms with Gasteiger partial charge in [-0.15, -0.1) is 0 Å². The molecule has 0 saturated heterocycles. The van der Waals surface area contributed by atoms with Crippen molar-refractivity contribution in [1.82, 2.24) is 0 Å². The van der Waals surface area contributed by atoms with E-state index in [9.17, 15) is 4.79 Å². The molecule has 0 aromatic heterocycles. The second-order valence-corrected chi connectivity index (χ2v) is 3.77. The second-order valence-electron chi connectivity index (χ2n) is 2.91. The minimum Gasteiger partial charge on any atom is -0.481 e. The standard InChI is InChI=1S/C10H8BrNO2/c1-6(10(13)14)7-2-3-8(5-12)9(11)4-7/h2-4,6H,1H3,(H,13,14). The van der Waals surface area contributed by atoms with Gasteiger partial charge in [-0.3, -0.25) is 4.79 Å². The van der Waals surface area contributed by atoms with Gasteiger partial charge in [-0.05, 0) is 40.5 Å². The lowest BCUT2D eigenvalue weighted by Crippen LogP contribution is -2.07. The van der Waals surface area contributed by atoms with E-state index in [1.54, 1.807) is 25.1 Å². The molecule has 0 spiro atoms. The van der Waals surface area contributed by atoms with Crippen LogP contribution >= 0.6 is 15.9 Å². The van der Waals surface area contributed by atoms with Crippen LogP contribution in [0.15, 0.2) is 22.7 Å². The lowest BCUT2D eigenvalue weighted by Gasteiger charge is -2.07. The molecule has 1 aromatic carbocycles. The zero-order chi connectivity index (χ0) is 10.7. The highest BCUT2D eigenvalue weighted by Gasteiger charge is 2.14. The number of nitrogens with zero attached hydrogens (tertiary/aromatic N) is 1. The summed E-state index contributed by atoms with van der Waals surface area (Å²) in [6.45, 7) is 1.61. The number of halogens is 1. The molecule has 0 bridgehead atoms. The third-order valence-corrected chi connectivity index (χ3v) is 2.64. The fourth-order valence-electron chi connectivity index (χ4n) is 1.03. The summed E-state index contributed by atoms with van der Waals surface area (Å²) >= 11 is 3.21. The normalized spacial score (nSPS) is 11.8. The van der Waals surface area contributed by atoms with Crippen molar-refractivity contribution in [2.45, 2.75) is 12.8 Å². The van der Waals surface area contributed by atoms with E-state index in [1.807, 2.05) is 6.07 Å². The van der Waals surface area contributed by atoms with Gasteiger partial charge in [0.25, 0.3) is 0 Å². The average molecular weight is 254 g/mol. The van der Waals surface area contributed by atoms with E-state index in [1.165, 1.54) is 0 Å². The van der Waals surface area contributed by atoms with Gasteiger partial charge in [0.1, 0.15) is 6.07 Å². The first-order valence-electron chi connectivity index (χ1n) is 3.98. The molecule has 1 aromatic rings. The maximum atomic E-state index is 10.7. The quantitative estimate of drug-likeness (QED) is 0.881. The number of hydrogen-bond acceptors (Lipinski definition) is 2. The molecule has 1 rings (SSSR count). The molecule has 0 fully saturated rings. The van der Waals surface area contributed by atoms with Gasteiger partial charge in [-0.1, -0.05) is 6.07 Å². The Morgan fingerprint density at radius 2 is 2.29 bits per heavy atom. The van der Waals surface area contributed by atoms with E-state index in [0.29, 0.717) is 15.6 Å². The predicted molar refractivity (Wildman–Crippen MR) is 54.9 cm³/mol. The first-order chi connectivity index (χ1) is 6.56. The third kappa shape index (κ3) is 2.12. The van der Waals surface area contributed by atoms with Crippen molar-refractivity contribution in [3.63, 3.8) is 0 Å². The zero-order valence-corrected chi connectivity index (χ0v) is 9.08. The van der Waals surface area contributed by atoms with Crippen LogP contribution in [0.4, 0.5) is 0 Å². The number of benzene rings is 1. The maximum Gasteiger partial charge on any atom is 0.310 e. The van der Waals surface area contributed by atoms with Crippen LogP contribution in [0, 0.1) is 11.3 Å². The van der Waals surface area contributed by atoms with Crippen LogP contribution in [0.25, 0.3) is 0 Å². The molecule has 4 heteroatoms. The van der Waals surface area contributed by atoms with Crippen LogP contribution in [0.3, 0.4) is 0 Å². The molecule has 0 amide bonds. The molecule has 1 unspecified atom stereocenters. The molecule has 0 saturated carbocycles. The van der Waals surface area contributed by atoms with Gasteiger partial charge in [0, 0.05) is 4.47 Å². The Balaban J connectivity index is 3.10. The van der Waals surface area contributed by atoms with E-state index in [2.05, 4.69) is 15.9 Å². The highest BCUT2D eigenvalue weighted by Crippen LogP contribution is 2.23. The van der Waals surface area contributed by atoms with Gasteiger partial charge >= 0.3 is 5.97 Å². The highest BCUT2D eigenvalue weighted by atomic mass is 79.9. The van der Waals surface area contributed by atoms with Crippen LogP contribution in [0.1, 0.15) is 24.0 Å². The summed E-state index contributed by atoms with van der Waals surface area (Å²) in [6, 6.07) is 6.93. The van der Waals surface area contributed by atoms with Gasteiger partial charge < -0.3 is 5.11 Å². The molecule has 3 nitrogen and oxygen atoms in total. The van der Waals surface area contributed by atoms with Crippen LogP contribution in [-0.4, -0.2) is 11.1 Å². The SMILES string of the molecule is CC(C(=O)O)c1ccc(C#N)c(Br)c1. The Morgan fingerprint density at radius 3 is 2.71 bits per heavy atom. The topological polar surface area (TPSA) is 61.1 Å². The molecule has 1 atom stereocenters. The van der Waals surface area contributed by atoms with Crippen molar-refractivity contribution in [2.75, 3.05) is 0 Å². The lowest BCUT2D eigenvalue weighted by molar-refractivity contribution is -0.138. The molecular formula is C10H8BrNO2. The van der Waals surface area contributed by atoms with Gasteiger partial charge in [0.2, 0.25) is 0 Å². The fourth-order valence-corrected chi connectivity index (χ4v) is 1.52. The van der Waals surface area contributed by atoms with Crippen LogP contribution in [0.2, 0.25) is 0 Å². The number of rotatable bonds is 2. The van der Waals surface area contributed by atoms with Gasteiger partial charge in [-0.2, -0.15) is 5.26 Å². The minimum absolute atomic E-state index is 0.506. The summed E-state index contributed by atoms with van der Waals surface area (Å²) in [5.41, 5.74) is 1.19. The summed E-state index contributed by atoms with van der Waals surface area (Å²) in [5, 5.41) is 17.4. The maximum absolute atomic E-state index is 10.7. The number of aliphatic carboxylic acids is 1. The number of carbonyl (C=O) groups is 1. The van der Waals surface area contributed by atoms with Gasteiger partial charge in [-0.25, -0.2) is 0 Å². The van der Waals surface area contributed by atoms with Crippen molar-refractivity contribution in [2.24, 2.45) is 0 Å². The molecule has 0 radical (unpaired) electrons. The average Bonchev–Trinajstić information content (AvgIpc) is 2.16. The van der Waals surface area contributed by atoms with Crippen molar-refractivity contribution < 1.29 is 9.90 Å². The second kappa shape index (κ2) is 4.25. The van der Waals surface area contributed by atoms with E-state index in [0.717, 1.165) is 0 Å². The van der Waals surface area contributed by atoms with Crippen molar-refractivity contribution in [3.05, 3.63) is 33.8 Å². The Morgan fingerprint density at radius 1 is 1.64 bits per heavy atom. The molecule has 72 valence electrons. The minimum atomic E-state index is -0.874. The molecule has 1 N–H and O–H groups in total. The van der Waals surface area contributed by atoms with E-state index in [4.69, 9.17) is 10.4 Å². The van der Waals surface area contributed by atoms with Crippen molar-refractivity contribution in [1.29, 1.82) is 5.26 Å². The van der Waals surface area contributed by atoms with Crippen molar-refractivity contribution in [3.8, 4) is 6.07 Å². The van der Waals surface area contributed by atoms with Crippen LogP contribution in [0.5, 0.6) is 0 Å². The molecule has 14 heavy (non-hydrogen) atoms. The number of hydrogen-bond donors (Lipinski definition) is 1. The number of carboxylic acids is 1. The first-order valence-corrected chi connectivity index (χ1v) is 4.78. The summed E-state index contributed by atoms with van der Waals surface area (Å²) in [5.74, 6) is -1.43. The third-order valence-electron chi connectivity index (χ3n) is 1.98.